The van der Waals surface area contributed by atoms with Gasteiger partial charge in [-0.25, -0.2) is 4.68 Å². The molecule has 5 nitrogen and oxygen atoms in total. The molecule has 0 radical (unpaired) electrons. The second-order valence-corrected chi connectivity index (χ2v) is 6.17. The van der Waals surface area contributed by atoms with E-state index < -0.39 is 0 Å². The standard InChI is InChI=1S/C20H19N3O2/c1-13-19(14(2)23(22-13)17-6-4-3-5-7-17)21-20(24)16-8-9-18-15(12-16)10-11-25-18/h3-9,12H,10-11H2,1-2H3,(H,21,24). The monoisotopic (exact) mass is 333 g/mol. The summed E-state index contributed by atoms with van der Waals surface area (Å²) >= 11 is 0. The van der Waals surface area contributed by atoms with Gasteiger partial charge in [0.15, 0.2) is 0 Å². The van der Waals surface area contributed by atoms with Crippen LogP contribution < -0.4 is 10.1 Å². The van der Waals surface area contributed by atoms with Crippen LogP contribution in [0.25, 0.3) is 5.69 Å². The van der Waals surface area contributed by atoms with Crippen LogP contribution in [0.3, 0.4) is 0 Å². The third-order valence-corrected chi connectivity index (χ3v) is 4.48. The van der Waals surface area contributed by atoms with Gasteiger partial charge in [-0.1, -0.05) is 18.2 Å². The van der Waals surface area contributed by atoms with Crippen LogP contribution in [0.5, 0.6) is 5.75 Å². The molecular weight excluding hydrogens is 314 g/mol. The predicted molar refractivity (Wildman–Crippen MR) is 96.6 cm³/mol. The Morgan fingerprint density at radius 3 is 2.76 bits per heavy atom. The molecule has 1 amide bonds. The summed E-state index contributed by atoms with van der Waals surface area (Å²) in [5.74, 6) is 0.745. The Bertz CT molecular complexity index is 945. The van der Waals surface area contributed by atoms with Crippen molar-refractivity contribution in [2.75, 3.05) is 11.9 Å². The summed E-state index contributed by atoms with van der Waals surface area (Å²) in [5, 5.41) is 7.58. The summed E-state index contributed by atoms with van der Waals surface area (Å²) in [6.07, 6.45) is 0.848. The van der Waals surface area contributed by atoms with E-state index in [2.05, 4.69) is 10.4 Å². The summed E-state index contributed by atoms with van der Waals surface area (Å²) < 4.78 is 7.35. The number of rotatable bonds is 3. The van der Waals surface area contributed by atoms with Crippen molar-refractivity contribution in [3.05, 3.63) is 71.0 Å². The highest BCUT2D eigenvalue weighted by Crippen LogP contribution is 2.27. The third kappa shape index (κ3) is 2.78. The smallest absolute Gasteiger partial charge is 0.255 e. The maximum absolute atomic E-state index is 12.7. The molecule has 0 saturated heterocycles. The van der Waals surface area contributed by atoms with Gasteiger partial charge >= 0.3 is 0 Å². The summed E-state index contributed by atoms with van der Waals surface area (Å²) in [6, 6.07) is 15.5. The lowest BCUT2D eigenvalue weighted by Crippen LogP contribution is -2.13. The highest BCUT2D eigenvalue weighted by atomic mass is 16.5. The van der Waals surface area contributed by atoms with Crippen molar-refractivity contribution in [1.29, 1.82) is 0 Å². The maximum atomic E-state index is 12.7. The fourth-order valence-corrected chi connectivity index (χ4v) is 3.16. The van der Waals surface area contributed by atoms with Crippen molar-refractivity contribution in [3.63, 3.8) is 0 Å². The molecule has 25 heavy (non-hydrogen) atoms. The molecule has 0 bridgehead atoms. The Morgan fingerprint density at radius 2 is 1.96 bits per heavy atom. The SMILES string of the molecule is Cc1nn(-c2ccccc2)c(C)c1NC(=O)c1ccc2c(c1)CCO2. The van der Waals surface area contributed by atoms with Gasteiger partial charge < -0.3 is 10.1 Å². The molecule has 1 aliphatic rings. The van der Waals surface area contributed by atoms with Gasteiger partial charge in [0.25, 0.3) is 5.91 Å². The summed E-state index contributed by atoms with van der Waals surface area (Å²) in [5.41, 5.74) is 5.14. The number of anilines is 1. The van der Waals surface area contributed by atoms with Crippen molar-refractivity contribution in [2.45, 2.75) is 20.3 Å². The molecule has 2 heterocycles. The minimum Gasteiger partial charge on any atom is -0.493 e. The molecule has 4 rings (SSSR count). The molecule has 1 N–H and O–H groups in total. The Morgan fingerprint density at radius 1 is 1.16 bits per heavy atom. The molecule has 0 aliphatic carbocycles. The van der Waals surface area contributed by atoms with Gasteiger partial charge in [-0.3, -0.25) is 4.79 Å². The first-order valence-electron chi connectivity index (χ1n) is 8.32. The van der Waals surface area contributed by atoms with E-state index in [1.165, 1.54) is 0 Å². The quantitative estimate of drug-likeness (QED) is 0.795. The van der Waals surface area contributed by atoms with E-state index in [4.69, 9.17) is 4.74 Å². The molecule has 0 spiro atoms. The van der Waals surface area contributed by atoms with E-state index in [9.17, 15) is 4.79 Å². The zero-order valence-electron chi connectivity index (χ0n) is 14.2. The van der Waals surface area contributed by atoms with Crippen molar-refractivity contribution in [1.82, 2.24) is 9.78 Å². The van der Waals surface area contributed by atoms with Gasteiger partial charge in [0.2, 0.25) is 0 Å². The molecule has 0 fully saturated rings. The molecule has 1 aromatic heterocycles. The zero-order chi connectivity index (χ0) is 17.4. The van der Waals surface area contributed by atoms with Crippen LogP contribution in [0.1, 0.15) is 27.3 Å². The topological polar surface area (TPSA) is 56.2 Å². The highest BCUT2D eigenvalue weighted by Gasteiger charge is 2.18. The van der Waals surface area contributed by atoms with E-state index in [-0.39, 0.29) is 5.91 Å². The molecular formula is C20H19N3O2. The fourth-order valence-electron chi connectivity index (χ4n) is 3.16. The Kier molecular flexibility index (Phi) is 3.76. The first-order chi connectivity index (χ1) is 12.1. The highest BCUT2D eigenvalue weighted by molar-refractivity contribution is 6.05. The van der Waals surface area contributed by atoms with Crippen molar-refractivity contribution >= 4 is 11.6 Å². The first-order valence-corrected chi connectivity index (χ1v) is 8.32. The van der Waals surface area contributed by atoms with E-state index in [1.807, 2.05) is 61.0 Å². The van der Waals surface area contributed by atoms with Gasteiger partial charge in [0.1, 0.15) is 5.75 Å². The molecule has 126 valence electrons. The van der Waals surface area contributed by atoms with Crippen LogP contribution in [0.2, 0.25) is 0 Å². The van der Waals surface area contributed by atoms with Crippen LogP contribution >= 0.6 is 0 Å². The van der Waals surface area contributed by atoms with Gasteiger partial charge in [0, 0.05) is 12.0 Å². The molecule has 1 aliphatic heterocycles. The van der Waals surface area contributed by atoms with E-state index in [0.717, 1.165) is 40.5 Å². The number of hydrogen-bond donors (Lipinski definition) is 1. The fraction of sp³-hybridized carbons (Fsp3) is 0.200. The number of ether oxygens (including phenoxy) is 1. The number of aryl methyl sites for hydroxylation is 1. The second-order valence-electron chi connectivity index (χ2n) is 6.17. The number of benzene rings is 2. The van der Waals surface area contributed by atoms with Crippen LogP contribution in [0.15, 0.2) is 48.5 Å². The molecule has 0 unspecified atom stereocenters. The summed E-state index contributed by atoms with van der Waals surface area (Å²) in [7, 11) is 0. The van der Waals surface area contributed by atoms with Crippen LogP contribution in [-0.2, 0) is 6.42 Å². The Hall–Kier alpha value is -3.08. The Balaban J connectivity index is 1.63. The maximum Gasteiger partial charge on any atom is 0.255 e. The lowest BCUT2D eigenvalue weighted by atomic mass is 10.1. The predicted octanol–water partition coefficient (Wildman–Crippen LogP) is 3.68. The van der Waals surface area contributed by atoms with E-state index in [0.29, 0.717) is 12.2 Å². The number of amides is 1. The van der Waals surface area contributed by atoms with E-state index in [1.54, 1.807) is 6.07 Å². The largest absolute Gasteiger partial charge is 0.493 e. The van der Waals surface area contributed by atoms with Gasteiger partial charge in [-0.2, -0.15) is 5.10 Å². The number of fused-ring (bicyclic) bond motifs is 1. The normalized spacial score (nSPS) is 12.6. The number of hydrogen-bond acceptors (Lipinski definition) is 3. The first kappa shape index (κ1) is 15.4. The van der Waals surface area contributed by atoms with Crippen LogP contribution in [0, 0.1) is 13.8 Å². The third-order valence-electron chi connectivity index (χ3n) is 4.48. The molecule has 0 atom stereocenters. The number of carbonyl (C=O) groups is 1. The molecule has 0 saturated carbocycles. The number of carbonyl (C=O) groups excluding carboxylic acids is 1. The van der Waals surface area contributed by atoms with Gasteiger partial charge in [-0.05, 0) is 49.7 Å². The average Bonchev–Trinajstić information content (AvgIpc) is 3.21. The summed E-state index contributed by atoms with van der Waals surface area (Å²) in [4.78, 5) is 12.7. The minimum absolute atomic E-state index is 0.131. The second kappa shape index (κ2) is 6.09. The summed E-state index contributed by atoms with van der Waals surface area (Å²) in [6.45, 7) is 4.54. The number of para-hydroxylation sites is 1. The lowest BCUT2D eigenvalue weighted by Gasteiger charge is -2.08. The average molecular weight is 333 g/mol. The van der Waals surface area contributed by atoms with Crippen molar-refractivity contribution < 1.29 is 9.53 Å². The lowest BCUT2D eigenvalue weighted by molar-refractivity contribution is 0.102. The Labute approximate surface area is 146 Å². The molecule has 3 aromatic rings. The zero-order valence-corrected chi connectivity index (χ0v) is 14.2. The van der Waals surface area contributed by atoms with E-state index >= 15 is 0 Å². The van der Waals surface area contributed by atoms with Crippen molar-refractivity contribution in [3.8, 4) is 11.4 Å². The number of aromatic nitrogens is 2. The molecule has 5 heteroatoms. The van der Waals surface area contributed by atoms with Crippen LogP contribution in [-0.4, -0.2) is 22.3 Å². The number of nitrogens with one attached hydrogen (secondary N) is 1. The molecule has 2 aromatic carbocycles. The van der Waals surface area contributed by atoms with Crippen molar-refractivity contribution in [2.24, 2.45) is 0 Å². The van der Waals surface area contributed by atoms with Crippen LogP contribution in [0.4, 0.5) is 5.69 Å². The minimum atomic E-state index is -0.131. The number of nitrogens with zero attached hydrogens (tertiary/aromatic N) is 2. The van der Waals surface area contributed by atoms with Gasteiger partial charge in [0.05, 0.1) is 29.4 Å². The van der Waals surface area contributed by atoms with Gasteiger partial charge in [-0.15, -0.1) is 0 Å².